The van der Waals surface area contributed by atoms with E-state index in [2.05, 4.69) is 5.32 Å². The van der Waals surface area contributed by atoms with Crippen LogP contribution in [0.25, 0.3) is 0 Å². The Hall–Kier alpha value is -1.84. The Bertz CT molecular complexity index is 521. The molecule has 4 nitrogen and oxygen atoms in total. The molecule has 1 aromatic carbocycles. The highest BCUT2D eigenvalue weighted by molar-refractivity contribution is 5.95. The van der Waals surface area contributed by atoms with E-state index in [9.17, 15) is 9.59 Å². The highest BCUT2D eigenvalue weighted by atomic mass is 16.2. The summed E-state index contributed by atoms with van der Waals surface area (Å²) in [6, 6.07) is 5.94. The van der Waals surface area contributed by atoms with Gasteiger partial charge in [-0.25, -0.2) is 0 Å². The topological polar surface area (TPSA) is 49.4 Å². The molecule has 0 unspecified atom stereocenters. The van der Waals surface area contributed by atoms with E-state index in [-0.39, 0.29) is 24.3 Å². The average molecular weight is 274 g/mol. The van der Waals surface area contributed by atoms with Gasteiger partial charge in [-0.2, -0.15) is 0 Å². The maximum absolute atomic E-state index is 12.0. The van der Waals surface area contributed by atoms with Crippen LogP contribution in [-0.2, 0) is 9.59 Å². The van der Waals surface area contributed by atoms with E-state index in [0.717, 1.165) is 36.1 Å². The number of hydrogen-bond acceptors (Lipinski definition) is 2. The minimum atomic E-state index is -0.145. The van der Waals surface area contributed by atoms with Crippen LogP contribution in [0.15, 0.2) is 18.2 Å². The van der Waals surface area contributed by atoms with E-state index in [1.807, 2.05) is 32.0 Å². The Morgan fingerprint density at radius 2 is 2.00 bits per heavy atom. The molecule has 0 heterocycles. The third kappa shape index (κ3) is 3.38. The second kappa shape index (κ2) is 6.07. The molecule has 1 saturated carbocycles. The quantitative estimate of drug-likeness (QED) is 0.917. The van der Waals surface area contributed by atoms with Crippen LogP contribution in [0.4, 0.5) is 5.69 Å². The van der Waals surface area contributed by atoms with Crippen LogP contribution in [0.2, 0.25) is 0 Å². The fourth-order valence-corrected chi connectivity index (χ4v) is 2.32. The van der Waals surface area contributed by atoms with Gasteiger partial charge >= 0.3 is 0 Å². The summed E-state index contributed by atoms with van der Waals surface area (Å²) in [5.74, 6) is 0.0785. The highest BCUT2D eigenvalue weighted by Crippen LogP contribution is 2.27. The first-order valence-electron chi connectivity index (χ1n) is 7.09. The van der Waals surface area contributed by atoms with Gasteiger partial charge in [-0.15, -0.1) is 0 Å². The molecule has 1 aliphatic carbocycles. The lowest BCUT2D eigenvalue weighted by atomic mass is 9.84. The lowest BCUT2D eigenvalue weighted by Gasteiger charge is -2.28. The molecular formula is C16H22N2O2. The third-order valence-corrected chi connectivity index (χ3v) is 3.88. The van der Waals surface area contributed by atoms with Crippen LogP contribution < -0.4 is 5.32 Å². The molecule has 20 heavy (non-hydrogen) atoms. The molecule has 0 aliphatic heterocycles. The van der Waals surface area contributed by atoms with Crippen molar-refractivity contribution >= 4 is 17.5 Å². The Balaban J connectivity index is 1.91. The first-order chi connectivity index (χ1) is 9.47. The van der Waals surface area contributed by atoms with E-state index in [4.69, 9.17) is 0 Å². The zero-order valence-corrected chi connectivity index (χ0v) is 12.4. The fourth-order valence-electron chi connectivity index (χ4n) is 2.32. The minimum Gasteiger partial charge on any atom is -0.336 e. The lowest BCUT2D eigenvalue weighted by molar-refractivity contribution is -0.139. The number of carbonyl (C=O) groups excluding carboxylic acids is 2. The first kappa shape index (κ1) is 14.6. The van der Waals surface area contributed by atoms with E-state index in [1.165, 1.54) is 4.90 Å². The van der Waals surface area contributed by atoms with Crippen molar-refractivity contribution in [2.24, 2.45) is 5.92 Å². The van der Waals surface area contributed by atoms with Gasteiger partial charge in [0.1, 0.15) is 0 Å². The summed E-state index contributed by atoms with van der Waals surface area (Å²) in [5, 5.41) is 2.88. The molecule has 0 radical (unpaired) electrons. The standard InChI is InChI=1S/C16H22N2O2/c1-11-7-8-12(2)14(9-11)17-15(19)10-18(3)16(20)13-5-4-6-13/h7-9,13H,4-6,10H2,1-3H3,(H,17,19). The maximum atomic E-state index is 12.0. The molecule has 108 valence electrons. The number of carbonyl (C=O) groups is 2. The maximum Gasteiger partial charge on any atom is 0.243 e. The summed E-state index contributed by atoms with van der Waals surface area (Å²) in [6.45, 7) is 4.06. The number of benzene rings is 1. The number of aryl methyl sites for hydroxylation is 2. The largest absolute Gasteiger partial charge is 0.336 e. The van der Waals surface area contributed by atoms with Crippen molar-refractivity contribution in [1.82, 2.24) is 4.90 Å². The Morgan fingerprint density at radius 3 is 2.60 bits per heavy atom. The summed E-state index contributed by atoms with van der Waals surface area (Å²) in [7, 11) is 1.70. The fraction of sp³-hybridized carbons (Fsp3) is 0.500. The van der Waals surface area contributed by atoms with Crippen LogP contribution >= 0.6 is 0 Å². The molecule has 1 N–H and O–H groups in total. The second-order valence-electron chi connectivity index (χ2n) is 5.69. The smallest absolute Gasteiger partial charge is 0.243 e. The summed E-state index contributed by atoms with van der Waals surface area (Å²) in [5.41, 5.74) is 2.95. The third-order valence-electron chi connectivity index (χ3n) is 3.88. The summed E-state index contributed by atoms with van der Waals surface area (Å²) in [4.78, 5) is 25.5. The second-order valence-corrected chi connectivity index (χ2v) is 5.69. The van der Waals surface area contributed by atoms with Gasteiger partial charge < -0.3 is 10.2 Å². The van der Waals surface area contributed by atoms with Crippen LogP contribution in [0.1, 0.15) is 30.4 Å². The molecule has 4 heteroatoms. The predicted molar refractivity (Wildman–Crippen MR) is 79.5 cm³/mol. The van der Waals surface area contributed by atoms with Gasteiger partial charge in [0, 0.05) is 18.7 Å². The molecule has 0 bridgehead atoms. The molecule has 1 fully saturated rings. The van der Waals surface area contributed by atoms with E-state index >= 15 is 0 Å². The van der Waals surface area contributed by atoms with Crippen LogP contribution in [0, 0.1) is 19.8 Å². The van der Waals surface area contributed by atoms with Gasteiger partial charge in [0.15, 0.2) is 0 Å². The van der Waals surface area contributed by atoms with Gasteiger partial charge in [0.05, 0.1) is 6.54 Å². The van der Waals surface area contributed by atoms with E-state index in [1.54, 1.807) is 7.05 Å². The minimum absolute atomic E-state index is 0.0902. The van der Waals surface area contributed by atoms with Crippen LogP contribution in [0.3, 0.4) is 0 Å². The summed E-state index contributed by atoms with van der Waals surface area (Å²) < 4.78 is 0. The summed E-state index contributed by atoms with van der Waals surface area (Å²) in [6.07, 6.45) is 3.04. The molecule has 1 aromatic rings. The van der Waals surface area contributed by atoms with Crippen molar-refractivity contribution in [3.63, 3.8) is 0 Å². The lowest BCUT2D eigenvalue weighted by Crippen LogP contribution is -2.40. The Morgan fingerprint density at radius 1 is 1.30 bits per heavy atom. The normalized spacial score (nSPS) is 14.6. The van der Waals surface area contributed by atoms with Crippen molar-refractivity contribution in [1.29, 1.82) is 0 Å². The number of anilines is 1. The van der Waals surface area contributed by atoms with Gasteiger partial charge in [0.2, 0.25) is 11.8 Å². The average Bonchev–Trinajstić information content (AvgIpc) is 2.31. The van der Waals surface area contributed by atoms with E-state index in [0.29, 0.717) is 0 Å². The number of nitrogens with zero attached hydrogens (tertiary/aromatic N) is 1. The molecule has 2 amide bonds. The van der Waals surface area contributed by atoms with Gasteiger partial charge in [0.25, 0.3) is 0 Å². The highest BCUT2D eigenvalue weighted by Gasteiger charge is 2.28. The zero-order valence-electron chi connectivity index (χ0n) is 12.4. The van der Waals surface area contributed by atoms with Gasteiger partial charge in [-0.05, 0) is 43.9 Å². The number of hydrogen-bond donors (Lipinski definition) is 1. The monoisotopic (exact) mass is 274 g/mol. The van der Waals surface area contributed by atoms with Crippen molar-refractivity contribution in [3.8, 4) is 0 Å². The first-order valence-corrected chi connectivity index (χ1v) is 7.09. The summed E-state index contributed by atoms with van der Waals surface area (Å²) >= 11 is 0. The SMILES string of the molecule is Cc1ccc(C)c(NC(=O)CN(C)C(=O)C2CCC2)c1. The molecular weight excluding hydrogens is 252 g/mol. The molecule has 2 rings (SSSR count). The molecule has 0 saturated heterocycles. The van der Waals surface area contributed by atoms with Crippen LogP contribution in [0.5, 0.6) is 0 Å². The van der Waals surface area contributed by atoms with Crippen molar-refractivity contribution < 1.29 is 9.59 Å². The number of likely N-dealkylation sites (N-methyl/N-ethyl adjacent to an activating group) is 1. The number of nitrogens with one attached hydrogen (secondary N) is 1. The number of amides is 2. The zero-order chi connectivity index (χ0) is 14.7. The molecule has 0 atom stereocenters. The number of rotatable bonds is 4. The van der Waals surface area contributed by atoms with Crippen LogP contribution in [-0.4, -0.2) is 30.3 Å². The Labute approximate surface area is 120 Å². The molecule has 0 spiro atoms. The molecule has 1 aliphatic rings. The molecule has 0 aromatic heterocycles. The van der Waals surface area contributed by atoms with E-state index < -0.39 is 0 Å². The van der Waals surface area contributed by atoms with Gasteiger partial charge in [-0.3, -0.25) is 9.59 Å². The van der Waals surface area contributed by atoms with Crippen molar-refractivity contribution in [2.75, 3.05) is 18.9 Å². The Kier molecular flexibility index (Phi) is 4.42. The predicted octanol–water partition coefficient (Wildman–Crippen LogP) is 2.50. The van der Waals surface area contributed by atoms with Gasteiger partial charge in [-0.1, -0.05) is 18.6 Å². The van der Waals surface area contributed by atoms with Crippen molar-refractivity contribution in [3.05, 3.63) is 29.3 Å². The van der Waals surface area contributed by atoms with Crippen molar-refractivity contribution in [2.45, 2.75) is 33.1 Å².